The van der Waals surface area contributed by atoms with E-state index in [1.807, 2.05) is 0 Å². The van der Waals surface area contributed by atoms with Crippen molar-refractivity contribution >= 4 is 28.5 Å². The number of nitrogens with one attached hydrogen (secondary N) is 1. The second kappa shape index (κ2) is 6.13. The zero-order valence-corrected chi connectivity index (χ0v) is 11.3. The number of aromatic nitrogens is 1. The number of rotatable bonds is 4. The smallest absolute Gasteiger partial charge is 0.402 e. The van der Waals surface area contributed by atoms with Crippen molar-refractivity contribution in [3.8, 4) is 5.75 Å². The van der Waals surface area contributed by atoms with Gasteiger partial charge in [0, 0.05) is 5.38 Å². The van der Waals surface area contributed by atoms with Gasteiger partial charge in [-0.25, -0.2) is 13.8 Å². The van der Waals surface area contributed by atoms with Gasteiger partial charge in [-0.1, -0.05) is 0 Å². The molecular formula is C11H7F5N4OS. The van der Waals surface area contributed by atoms with E-state index in [0.29, 0.717) is 18.3 Å². The molecule has 0 fully saturated rings. The van der Waals surface area contributed by atoms with Crippen LogP contribution in [0.2, 0.25) is 0 Å². The molecule has 1 heterocycles. The normalized spacial score (nSPS) is 11.9. The van der Waals surface area contributed by atoms with Crippen LogP contribution in [0.25, 0.3) is 0 Å². The summed E-state index contributed by atoms with van der Waals surface area (Å²) >= 11 is 1.07. The number of ether oxygens (including phenoxy) is 1. The summed E-state index contributed by atoms with van der Waals surface area (Å²) in [5.74, 6) is -3.61. The zero-order chi connectivity index (χ0) is 16.3. The number of nitrogens with two attached hydrogens (primary N) is 1. The summed E-state index contributed by atoms with van der Waals surface area (Å²) in [7, 11) is 0. The molecule has 1 aromatic carbocycles. The Hall–Kier alpha value is -2.43. The molecule has 0 aliphatic heterocycles. The maximum Gasteiger partial charge on any atom is 0.573 e. The van der Waals surface area contributed by atoms with Gasteiger partial charge in [-0.2, -0.15) is 5.10 Å². The Morgan fingerprint density at radius 2 is 1.95 bits per heavy atom. The molecule has 22 heavy (non-hydrogen) atoms. The third-order valence-electron chi connectivity index (χ3n) is 2.19. The number of benzene rings is 1. The third-order valence-corrected chi connectivity index (χ3v) is 2.95. The minimum atomic E-state index is -5.17. The minimum absolute atomic E-state index is 0.209. The highest BCUT2D eigenvalue weighted by molar-refractivity contribution is 7.14. The fourth-order valence-corrected chi connectivity index (χ4v) is 1.93. The van der Waals surface area contributed by atoms with E-state index in [4.69, 9.17) is 5.73 Å². The van der Waals surface area contributed by atoms with Crippen LogP contribution >= 0.6 is 11.3 Å². The first-order valence-electron chi connectivity index (χ1n) is 5.50. The Balaban J connectivity index is 2.27. The van der Waals surface area contributed by atoms with Crippen LogP contribution in [0.5, 0.6) is 5.75 Å². The lowest BCUT2D eigenvalue weighted by molar-refractivity contribution is -0.275. The molecule has 0 radical (unpaired) electrons. The van der Waals surface area contributed by atoms with Gasteiger partial charge in [0.25, 0.3) is 0 Å². The van der Waals surface area contributed by atoms with E-state index in [-0.39, 0.29) is 10.9 Å². The predicted molar refractivity (Wildman–Crippen MR) is 70.8 cm³/mol. The first kappa shape index (κ1) is 15.9. The predicted octanol–water partition coefficient (Wildman–Crippen LogP) is 3.35. The molecule has 3 N–H and O–H groups in total. The second-order valence-corrected chi connectivity index (χ2v) is 4.63. The van der Waals surface area contributed by atoms with E-state index in [1.54, 1.807) is 0 Å². The Kier molecular flexibility index (Phi) is 4.45. The Bertz CT molecular complexity index is 700. The maximum absolute atomic E-state index is 13.6. The van der Waals surface area contributed by atoms with Crippen molar-refractivity contribution in [3.05, 3.63) is 34.7 Å². The molecule has 0 aliphatic carbocycles. The Morgan fingerprint density at radius 3 is 2.55 bits per heavy atom. The molecule has 0 amide bonds. The molecule has 0 bridgehead atoms. The van der Waals surface area contributed by atoms with Crippen LogP contribution in [-0.4, -0.2) is 17.6 Å². The summed E-state index contributed by atoms with van der Waals surface area (Å²) in [6, 6.07) is 1.17. The standard InChI is InChI=1S/C11H7F5N4OS/c12-6-1-2-7(13)9(21-11(14,15)16)5(6)3-18-20-10-19-8(17)4-22-10/h1-4H,17H2,(H,19,20). The molecule has 0 atom stereocenters. The van der Waals surface area contributed by atoms with Crippen LogP contribution in [0.15, 0.2) is 22.6 Å². The van der Waals surface area contributed by atoms with E-state index in [1.165, 1.54) is 5.38 Å². The molecule has 118 valence electrons. The highest BCUT2D eigenvalue weighted by atomic mass is 32.1. The Labute approximate surface area is 124 Å². The molecule has 1 aromatic heterocycles. The zero-order valence-electron chi connectivity index (χ0n) is 10.5. The lowest BCUT2D eigenvalue weighted by Crippen LogP contribution is -2.19. The van der Waals surface area contributed by atoms with Crippen molar-refractivity contribution in [2.75, 3.05) is 11.2 Å². The van der Waals surface area contributed by atoms with E-state index in [9.17, 15) is 22.0 Å². The van der Waals surface area contributed by atoms with Gasteiger partial charge in [-0.15, -0.1) is 24.5 Å². The van der Waals surface area contributed by atoms with Crippen molar-refractivity contribution in [1.82, 2.24) is 4.98 Å². The highest BCUT2D eigenvalue weighted by Gasteiger charge is 2.34. The summed E-state index contributed by atoms with van der Waals surface area (Å²) < 4.78 is 67.2. The van der Waals surface area contributed by atoms with E-state index in [2.05, 4.69) is 20.2 Å². The molecule has 0 unspecified atom stereocenters. The average molecular weight is 338 g/mol. The lowest BCUT2D eigenvalue weighted by Gasteiger charge is -2.12. The van der Waals surface area contributed by atoms with Crippen molar-refractivity contribution < 1.29 is 26.7 Å². The van der Waals surface area contributed by atoms with Crippen LogP contribution < -0.4 is 15.9 Å². The second-order valence-electron chi connectivity index (χ2n) is 3.77. The molecule has 0 spiro atoms. The summed E-state index contributed by atoms with van der Waals surface area (Å²) in [4.78, 5) is 3.76. The van der Waals surface area contributed by atoms with Gasteiger partial charge < -0.3 is 10.5 Å². The summed E-state index contributed by atoms with van der Waals surface area (Å²) in [6.45, 7) is 0. The SMILES string of the molecule is Nc1csc(NN=Cc2c(F)ccc(F)c2OC(F)(F)F)n1. The molecule has 0 saturated heterocycles. The number of hydrazone groups is 1. The number of halogens is 5. The van der Waals surface area contributed by atoms with Crippen LogP contribution in [0.1, 0.15) is 5.56 Å². The summed E-state index contributed by atoms with van der Waals surface area (Å²) in [6.07, 6.45) is -4.52. The fraction of sp³-hybridized carbons (Fsp3) is 0.0909. The molecule has 0 saturated carbocycles. The first-order chi connectivity index (χ1) is 10.3. The largest absolute Gasteiger partial charge is 0.573 e. The van der Waals surface area contributed by atoms with Gasteiger partial charge in [0.2, 0.25) is 5.13 Å². The van der Waals surface area contributed by atoms with E-state index < -0.39 is 29.3 Å². The minimum Gasteiger partial charge on any atom is -0.402 e. The number of hydrogen-bond acceptors (Lipinski definition) is 6. The van der Waals surface area contributed by atoms with Crippen molar-refractivity contribution in [2.45, 2.75) is 6.36 Å². The number of hydrogen-bond donors (Lipinski definition) is 2. The number of thiazole rings is 1. The Morgan fingerprint density at radius 1 is 1.27 bits per heavy atom. The van der Waals surface area contributed by atoms with Crippen molar-refractivity contribution in [3.63, 3.8) is 0 Å². The van der Waals surface area contributed by atoms with E-state index >= 15 is 0 Å². The van der Waals surface area contributed by atoms with Gasteiger partial charge in [0.15, 0.2) is 11.6 Å². The van der Waals surface area contributed by atoms with Gasteiger partial charge in [0.1, 0.15) is 11.6 Å². The van der Waals surface area contributed by atoms with Gasteiger partial charge >= 0.3 is 6.36 Å². The van der Waals surface area contributed by atoms with Crippen LogP contribution in [-0.2, 0) is 0 Å². The highest BCUT2D eigenvalue weighted by Crippen LogP contribution is 2.30. The van der Waals surface area contributed by atoms with Crippen molar-refractivity contribution in [2.24, 2.45) is 5.10 Å². The van der Waals surface area contributed by atoms with Crippen LogP contribution in [0, 0.1) is 11.6 Å². The quantitative estimate of drug-likeness (QED) is 0.509. The molecular weight excluding hydrogens is 331 g/mol. The number of alkyl halides is 3. The van der Waals surface area contributed by atoms with Crippen LogP contribution in [0.3, 0.4) is 0 Å². The molecule has 5 nitrogen and oxygen atoms in total. The fourth-order valence-electron chi connectivity index (χ4n) is 1.38. The third kappa shape index (κ3) is 4.04. The summed E-state index contributed by atoms with van der Waals surface area (Å²) in [5.41, 5.74) is 6.88. The molecule has 2 rings (SSSR count). The van der Waals surface area contributed by atoms with Crippen molar-refractivity contribution in [1.29, 1.82) is 0 Å². The van der Waals surface area contributed by atoms with Gasteiger partial charge in [-0.3, -0.25) is 5.43 Å². The maximum atomic E-state index is 13.6. The van der Waals surface area contributed by atoms with E-state index in [0.717, 1.165) is 11.3 Å². The van der Waals surface area contributed by atoms with Gasteiger partial charge in [-0.05, 0) is 12.1 Å². The lowest BCUT2D eigenvalue weighted by atomic mass is 10.2. The monoisotopic (exact) mass is 338 g/mol. The molecule has 2 aromatic rings. The van der Waals surface area contributed by atoms with Gasteiger partial charge in [0.05, 0.1) is 11.8 Å². The first-order valence-corrected chi connectivity index (χ1v) is 6.38. The number of nitrogen functional groups attached to an aromatic ring is 1. The van der Waals surface area contributed by atoms with Crippen LogP contribution in [0.4, 0.5) is 32.9 Å². The topological polar surface area (TPSA) is 72.5 Å². The number of nitrogens with zero attached hydrogens (tertiary/aromatic N) is 2. The summed E-state index contributed by atoms with van der Waals surface area (Å²) in [5, 5.41) is 5.19. The molecule has 11 heteroatoms. The average Bonchev–Trinajstić information content (AvgIpc) is 2.81. The molecule has 0 aliphatic rings. The number of anilines is 2.